The molecule has 1 aromatic rings. The van der Waals surface area contributed by atoms with E-state index in [2.05, 4.69) is 39.2 Å². The van der Waals surface area contributed by atoms with E-state index in [1.807, 2.05) is 17.9 Å². The molecule has 0 bridgehead atoms. The van der Waals surface area contributed by atoms with Crippen LogP contribution in [0.15, 0.2) is 12.4 Å². The van der Waals surface area contributed by atoms with Crippen molar-refractivity contribution in [3.8, 4) is 0 Å². The topological polar surface area (TPSA) is 21.1 Å². The molecular weight excluding hydrogens is 278 g/mol. The van der Waals surface area contributed by atoms with Crippen LogP contribution in [0.25, 0.3) is 0 Å². The van der Waals surface area contributed by atoms with Crippen LogP contribution in [-0.4, -0.2) is 33.6 Å². The summed E-state index contributed by atoms with van der Waals surface area (Å²) in [6.07, 6.45) is 9.60. The van der Waals surface area contributed by atoms with Gasteiger partial charge in [-0.25, -0.2) is 0 Å². The van der Waals surface area contributed by atoms with E-state index >= 15 is 0 Å². The van der Waals surface area contributed by atoms with Gasteiger partial charge in [0.1, 0.15) is 0 Å². The summed E-state index contributed by atoms with van der Waals surface area (Å²) in [5, 5.41) is 5.36. The van der Waals surface area contributed by atoms with E-state index in [1.54, 1.807) is 0 Å². The van der Waals surface area contributed by atoms with Gasteiger partial charge in [-0.1, -0.05) is 28.8 Å². The Bertz CT molecular complexity index is 355. The third-order valence-corrected chi connectivity index (χ3v) is 4.95. The summed E-state index contributed by atoms with van der Waals surface area (Å²) in [5.74, 6) is 0. The molecule has 0 atom stereocenters. The SMILES string of the molecule is CN(Cc1cnn(C)c1)CC1(CBr)CCCC1. The van der Waals surface area contributed by atoms with Gasteiger partial charge in [-0.3, -0.25) is 4.68 Å². The molecule has 1 aliphatic rings. The number of hydrogen-bond acceptors (Lipinski definition) is 2. The summed E-state index contributed by atoms with van der Waals surface area (Å²) in [5.41, 5.74) is 1.81. The maximum Gasteiger partial charge on any atom is 0.0534 e. The predicted octanol–water partition coefficient (Wildman–Crippen LogP) is 2.81. The molecule has 0 unspecified atom stereocenters. The summed E-state index contributed by atoms with van der Waals surface area (Å²) in [4.78, 5) is 2.43. The van der Waals surface area contributed by atoms with Gasteiger partial charge in [0.2, 0.25) is 0 Å². The monoisotopic (exact) mass is 299 g/mol. The number of rotatable bonds is 5. The fraction of sp³-hybridized carbons (Fsp3) is 0.769. The molecular formula is C13H22BrN3. The maximum atomic E-state index is 4.22. The number of nitrogens with zero attached hydrogens (tertiary/aromatic N) is 3. The lowest BCUT2D eigenvalue weighted by molar-refractivity contribution is 0.196. The molecule has 0 spiro atoms. The normalized spacial score (nSPS) is 19.1. The van der Waals surface area contributed by atoms with Gasteiger partial charge >= 0.3 is 0 Å². The van der Waals surface area contributed by atoms with E-state index in [1.165, 1.54) is 37.8 Å². The standard InChI is InChI=1S/C13H22BrN3/c1-16(8-12-7-15-17(2)9-12)11-13(10-14)5-3-4-6-13/h7,9H,3-6,8,10-11H2,1-2H3. The van der Waals surface area contributed by atoms with Gasteiger partial charge in [0.05, 0.1) is 6.20 Å². The molecule has 2 rings (SSSR count). The molecule has 0 amide bonds. The first-order chi connectivity index (χ1) is 8.13. The molecule has 0 saturated heterocycles. The lowest BCUT2D eigenvalue weighted by Gasteiger charge is -2.31. The largest absolute Gasteiger partial charge is 0.301 e. The molecule has 4 heteroatoms. The van der Waals surface area contributed by atoms with Crippen LogP contribution in [0.5, 0.6) is 0 Å². The van der Waals surface area contributed by atoms with Crippen molar-refractivity contribution in [1.29, 1.82) is 0 Å². The Morgan fingerprint density at radius 2 is 2.18 bits per heavy atom. The zero-order valence-electron chi connectivity index (χ0n) is 10.8. The molecule has 0 radical (unpaired) electrons. The lowest BCUT2D eigenvalue weighted by Crippen LogP contribution is -2.34. The maximum absolute atomic E-state index is 4.22. The van der Waals surface area contributed by atoms with Gasteiger partial charge in [-0.05, 0) is 25.3 Å². The second-order valence-electron chi connectivity index (χ2n) is 5.54. The van der Waals surface area contributed by atoms with Crippen molar-refractivity contribution in [3.63, 3.8) is 0 Å². The van der Waals surface area contributed by atoms with Crippen molar-refractivity contribution in [2.75, 3.05) is 18.9 Å². The van der Waals surface area contributed by atoms with Crippen LogP contribution in [0, 0.1) is 5.41 Å². The summed E-state index contributed by atoms with van der Waals surface area (Å²) < 4.78 is 1.87. The average molecular weight is 300 g/mol. The van der Waals surface area contributed by atoms with Crippen LogP contribution in [0.1, 0.15) is 31.2 Å². The highest BCUT2D eigenvalue weighted by Gasteiger charge is 2.33. The van der Waals surface area contributed by atoms with E-state index in [9.17, 15) is 0 Å². The zero-order valence-corrected chi connectivity index (χ0v) is 12.4. The second kappa shape index (κ2) is 5.53. The molecule has 0 N–H and O–H groups in total. The van der Waals surface area contributed by atoms with E-state index < -0.39 is 0 Å². The first-order valence-corrected chi connectivity index (χ1v) is 7.48. The minimum Gasteiger partial charge on any atom is -0.301 e. The van der Waals surface area contributed by atoms with Crippen molar-refractivity contribution < 1.29 is 0 Å². The molecule has 3 nitrogen and oxygen atoms in total. The highest BCUT2D eigenvalue weighted by molar-refractivity contribution is 9.09. The first kappa shape index (κ1) is 13.1. The summed E-state index contributed by atoms with van der Waals surface area (Å²) in [7, 11) is 4.19. The molecule has 0 aliphatic heterocycles. The minimum absolute atomic E-state index is 0.511. The number of aryl methyl sites for hydroxylation is 1. The molecule has 0 aromatic carbocycles. The van der Waals surface area contributed by atoms with Crippen molar-refractivity contribution >= 4 is 15.9 Å². The highest BCUT2D eigenvalue weighted by atomic mass is 79.9. The Morgan fingerprint density at radius 3 is 2.71 bits per heavy atom. The van der Waals surface area contributed by atoms with Crippen molar-refractivity contribution in [2.24, 2.45) is 12.5 Å². The summed E-state index contributed by atoms with van der Waals surface area (Å²) in [6.45, 7) is 2.19. The van der Waals surface area contributed by atoms with Gasteiger partial charge in [0, 0.05) is 37.2 Å². The molecule has 1 saturated carbocycles. The Morgan fingerprint density at radius 1 is 1.47 bits per heavy atom. The van der Waals surface area contributed by atoms with Crippen LogP contribution >= 0.6 is 15.9 Å². The fourth-order valence-corrected chi connectivity index (χ4v) is 3.69. The van der Waals surface area contributed by atoms with Crippen LogP contribution in [0.2, 0.25) is 0 Å². The molecule has 1 aromatic heterocycles. The highest BCUT2D eigenvalue weighted by Crippen LogP contribution is 2.40. The quantitative estimate of drug-likeness (QED) is 0.780. The molecule has 17 heavy (non-hydrogen) atoms. The lowest BCUT2D eigenvalue weighted by atomic mass is 9.88. The van der Waals surface area contributed by atoms with Crippen molar-refractivity contribution in [3.05, 3.63) is 18.0 Å². The first-order valence-electron chi connectivity index (χ1n) is 6.36. The second-order valence-corrected chi connectivity index (χ2v) is 6.10. The fourth-order valence-electron chi connectivity index (χ4n) is 2.95. The molecule has 1 heterocycles. The van der Waals surface area contributed by atoms with Gasteiger partial charge < -0.3 is 4.90 Å². The smallest absolute Gasteiger partial charge is 0.0534 e. The Labute approximate surface area is 112 Å². The summed E-state index contributed by atoms with van der Waals surface area (Å²) >= 11 is 3.71. The van der Waals surface area contributed by atoms with Gasteiger partial charge in [-0.2, -0.15) is 5.10 Å². The Hall–Kier alpha value is -0.350. The number of hydrogen-bond donors (Lipinski definition) is 0. The van der Waals surface area contributed by atoms with E-state index in [0.717, 1.165) is 11.9 Å². The van der Waals surface area contributed by atoms with Gasteiger partial charge in [0.15, 0.2) is 0 Å². The number of halogens is 1. The third-order valence-electron chi connectivity index (χ3n) is 3.76. The van der Waals surface area contributed by atoms with Crippen LogP contribution in [0.4, 0.5) is 0 Å². The Balaban J connectivity index is 1.90. The van der Waals surface area contributed by atoms with Gasteiger partial charge in [0.25, 0.3) is 0 Å². The Kier molecular flexibility index (Phi) is 4.26. The van der Waals surface area contributed by atoms with Crippen LogP contribution in [0.3, 0.4) is 0 Å². The van der Waals surface area contributed by atoms with Crippen molar-refractivity contribution in [1.82, 2.24) is 14.7 Å². The third kappa shape index (κ3) is 3.32. The number of aromatic nitrogens is 2. The van der Waals surface area contributed by atoms with E-state index in [-0.39, 0.29) is 0 Å². The van der Waals surface area contributed by atoms with E-state index in [0.29, 0.717) is 5.41 Å². The van der Waals surface area contributed by atoms with Crippen LogP contribution in [-0.2, 0) is 13.6 Å². The summed E-state index contributed by atoms with van der Waals surface area (Å²) in [6, 6.07) is 0. The predicted molar refractivity (Wildman–Crippen MR) is 74.2 cm³/mol. The number of alkyl halides is 1. The minimum atomic E-state index is 0.511. The van der Waals surface area contributed by atoms with E-state index in [4.69, 9.17) is 0 Å². The molecule has 1 fully saturated rings. The zero-order chi connectivity index (χ0) is 12.3. The molecule has 1 aliphatic carbocycles. The van der Waals surface area contributed by atoms with Gasteiger partial charge in [-0.15, -0.1) is 0 Å². The molecule has 96 valence electrons. The van der Waals surface area contributed by atoms with Crippen molar-refractivity contribution in [2.45, 2.75) is 32.2 Å². The van der Waals surface area contributed by atoms with Crippen LogP contribution < -0.4 is 0 Å². The average Bonchev–Trinajstić information content (AvgIpc) is 2.89.